The van der Waals surface area contributed by atoms with Gasteiger partial charge in [0.2, 0.25) is 11.3 Å². The van der Waals surface area contributed by atoms with Crippen molar-refractivity contribution >= 4 is 40.7 Å². The van der Waals surface area contributed by atoms with Gasteiger partial charge in [-0.15, -0.1) is 0 Å². The number of carbonyl (C=O) groups is 3. The van der Waals surface area contributed by atoms with E-state index in [-0.39, 0.29) is 29.4 Å². The zero-order valence-electron chi connectivity index (χ0n) is 24.2. The molecule has 1 saturated heterocycles. The predicted octanol–water partition coefficient (Wildman–Crippen LogP) is 4.27. The van der Waals surface area contributed by atoms with Gasteiger partial charge < -0.3 is 30.2 Å². The Morgan fingerprint density at radius 1 is 1.02 bits per heavy atom. The van der Waals surface area contributed by atoms with Crippen LogP contribution in [-0.2, 0) is 20.7 Å². The average Bonchev–Trinajstić information content (AvgIpc) is 3.47. The Morgan fingerprint density at radius 2 is 1.77 bits per heavy atom. The number of morpholine rings is 1. The fraction of sp³-hybridized carbons (Fsp3) is 0.212. The largest absolute Gasteiger partial charge is 0.378 e. The Morgan fingerprint density at radius 3 is 2.52 bits per heavy atom. The highest BCUT2D eigenvalue weighted by molar-refractivity contribution is 6.35. The summed E-state index contributed by atoms with van der Waals surface area (Å²) in [6.45, 7) is 6.08. The van der Waals surface area contributed by atoms with Crippen molar-refractivity contribution in [3.8, 4) is 11.1 Å². The third-order valence-electron chi connectivity index (χ3n) is 8.02. The minimum absolute atomic E-state index is 0.0420. The summed E-state index contributed by atoms with van der Waals surface area (Å²) in [5.74, 6) is -1.32. The number of halogens is 1. The van der Waals surface area contributed by atoms with Crippen molar-refractivity contribution in [2.45, 2.75) is 20.3 Å². The Kier molecular flexibility index (Phi) is 7.71. The number of H-pyrrole nitrogens is 2. The fourth-order valence-corrected chi connectivity index (χ4v) is 5.56. The van der Waals surface area contributed by atoms with Crippen LogP contribution in [0.4, 0.5) is 15.8 Å². The number of nitrogens with one attached hydrogen (secondary N) is 4. The van der Waals surface area contributed by atoms with E-state index in [1.807, 2.05) is 18.7 Å². The van der Waals surface area contributed by atoms with Crippen molar-refractivity contribution in [1.29, 1.82) is 0 Å². The lowest BCUT2D eigenvalue weighted by atomic mass is 10.0. The molecule has 11 heteroatoms. The maximum Gasteiger partial charge on any atom is 0.261 e. The first-order valence-corrected chi connectivity index (χ1v) is 14.2. The van der Waals surface area contributed by atoms with Crippen molar-refractivity contribution < 1.29 is 23.5 Å². The summed E-state index contributed by atoms with van der Waals surface area (Å²) in [4.78, 5) is 59.9. The summed E-state index contributed by atoms with van der Waals surface area (Å²) in [5, 5.41) is 5.56. The summed E-state index contributed by atoms with van der Waals surface area (Å²) < 4.78 is 18.7. The number of anilines is 2. The molecule has 0 spiro atoms. The van der Waals surface area contributed by atoms with Crippen LogP contribution in [-0.4, -0.2) is 58.9 Å². The van der Waals surface area contributed by atoms with E-state index in [9.17, 15) is 23.6 Å². The van der Waals surface area contributed by atoms with E-state index in [0.717, 1.165) is 22.5 Å². The Bertz CT molecular complexity index is 1880. The number of ether oxygens (including phenoxy) is 1. The number of fused-ring (bicyclic) bond motifs is 1. The highest BCUT2D eigenvalue weighted by atomic mass is 19.1. The van der Waals surface area contributed by atoms with Crippen LogP contribution in [0.5, 0.6) is 0 Å². The van der Waals surface area contributed by atoms with Crippen LogP contribution in [0.1, 0.15) is 38.4 Å². The Labute approximate surface area is 251 Å². The van der Waals surface area contributed by atoms with Crippen molar-refractivity contribution in [3.05, 3.63) is 105 Å². The van der Waals surface area contributed by atoms with Gasteiger partial charge in [0.1, 0.15) is 11.4 Å². The molecule has 4 aromatic rings. The first-order chi connectivity index (χ1) is 21.2. The van der Waals surface area contributed by atoms with E-state index in [4.69, 9.17) is 4.74 Å². The zero-order valence-corrected chi connectivity index (χ0v) is 24.2. The van der Waals surface area contributed by atoms with E-state index >= 15 is 0 Å². The quantitative estimate of drug-likeness (QED) is 0.247. The maximum absolute atomic E-state index is 13.3. The molecule has 1 fully saturated rings. The van der Waals surface area contributed by atoms with Gasteiger partial charge in [-0.25, -0.2) is 4.39 Å². The topological polar surface area (TPSA) is 136 Å². The molecule has 2 aliphatic rings. The molecule has 224 valence electrons. The lowest BCUT2D eigenvalue weighted by Gasteiger charge is -2.27. The van der Waals surface area contributed by atoms with E-state index in [1.165, 1.54) is 36.7 Å². The Hall–Kier alpha value is -5.29. The second kappa shape index (κ2) is 11.8. The second-order valence-electron chi connectivity index (χ2n) is 10.8. The van der Waals surface area contributed by atoms with Crippen LogP contribution in [0.25, 0.3) is 22.8 Å². The zero-order chi connectivity index (χ0) is 31.0. The van der Waals surface area contributed by atoms with E-state index in [2.05, 4.69) is 20.6 Å². The molecule has 0 radical (unpaired) electrons. The number of nitrogens with zero attached hydrogens (tertiary/aromatic N) is 1. The number of hydrogen-bond donors (Lipinski definition) is 4. The molecule has 6 rings (SSSR count). The number of pyridine rings is 1. The maximum atomic E-state index is 13.3. The molecule has 2 aromatic carbocycles. The summed E-state index contributed by atoms with van der Waals surface area (Å²) in [5.41, 5.74) is 5.50. The number of rotatable bonds is 6. The normalized spacial score (nSPS) is 15.3. The molecule has 2 aliphatic heterocycles. The van der Waals surface area contributed by atoms with E-state index < -0.39 is 17.2 Å². The number of aryl methyl sites for hydroxylation is 1. The smallest absolute Gasteiger partial charge is 0.261 e. The molecule has 0 saturated carbocycles. The van der Waals surface area contributed by atoms with Crippen molar-refractivity contribution in [2.24, 2.45) is 0 Å². The van der Waals surface area contributed by atoms with Gasteiger partial charge in [0, 0.05) is 53.7 Å². The Balaban J connectivity index is 1.21. The van der Waals surface area contributed by atoms with Crippen molar-refractivity contribution in [3.63, 3.8) is 0 Å². The third kappa shape index (κ3) is 5.57. The van der Waals surface area contributed by atoms with Crippen LogP contribution >= 0.6 is 0 Å². The van der Waals surface area contributed by atoms with E-state index in [1.54, 1.807) is 24.3 Å². The molecule has 3 amide bonds. The van der Waals surface area contributed by atoms with Gasteiger partial charge in [0.05, 0.1) is 30.9 Å². The summed E-state index contributed by atoms with van der Waals surface area (Å²) in [7, 11) is 0. The van der Waals surface area contributed by atoms with Gasteiger partial charge >= 0.3 is 0 Å². The predicted molar refractivity (Wildman–Crippen MR) is 165 cm³/mol. The number of aromatic amines is 2. The molecule has 0 aliphatic carbocycles. The number of carbonyl (C=O) groups excluding carboxylic acids is 3. The van der Waals surface area contributed by atoms with Crippen LogP contribution in [0, 0.1) is 19.7 Å². The van der Waals surface area contributed by atoms with E-state index in [0.29, 0.717) is 54.4 Å². The molecule has 4 N–H and O–H groups in total. The van der Waals surface area contributed by atoms with Crippen molar-refractivity contribution in [2.75, 3.05) is 36.9 Å². The monoisotopic (exact) mass is 595 g/mol. The average molecular weight is 596 g/mol. The fourth-order valence-electron chi connectivity index (χ4n) is 5.56. The highest BCUT2D eigenvalue weighted by Crippen LogP contribution is 2.36. The molecular formula is C33H30FN5O5. The van der Waals surface area contributed by atoms with Gasteiger partial charge in [-0.1, -0.05) is 18.2 Å². The molecule has 2 aromatic heterocycles. The standard InChI is InChI=1S/C33H30FN5O5/c1-18-24(15-30(40)39-9-11-44-12-10-39)19(2)36-28(18)14-25-23-8-7-22(13-29(23)38-32(25)42)37-33(43)27-17-35-16-26(31(27)41)20-3-5-21(34)6-4-20/h3-8,13-14,16-17,36H,9-12,15H2,1-2H3,(H,35,41)(H,37,43)(H,38,42)/b25-14-. The second-order valence-corrected chi connectivity index (χ2v) is 10.8. The number of aromatic nitrogens is 2. The third-order valence-corrected chi connectivity index (χ3v) is 8.02. The van der Waals surface area contributed by atoms with Gasteiger partial charge in [-0.3, -0.25) is 19.2 Å². The molecule has 0 bridgehead atoms. The van der Waals surface area contributed by atoms with Crippen LogP contribution in [0.2, 0.25) is 0 Å². The van der Waals surface area contributed by atoms with Gasteiger partial charge in [-0.05, 0) is 60.9 Å². The van der Waals surface area contributed by atoms with Gasteiger partial charge in [0.25, 0.3) is 11.8 Å². The van der Waals surface area contributed by atoms with Gasteiger partial charge in [-0.2, -0.15) is 0 Å². The van der Waals surface area contributed by atoms with Crippen LogP contribution in [0.3, 0.4) is 0 Å². The SMILES string of the molecule is Cc1[nH]c(/C=C2\C(=O)Nc3cc(NC(=O)c4c[nH]cc(-c5ccc(F)cc5)c4=O)ccc32)c(C)c1CC(=O)N1CCOCC1. The van der Waals surface area contributed by atoms with Crippen molar-refractivity contribution in [1.82, 2.24) is 14.9 Å². The molecule has 10 nitrogen and oxygen atoms in total. The summed E-state index contributed by atoms with van der Waals surface area (Å²) >= 11 is 0. The summed E-state index contributed by atoms with van der Waals surface area (Å²) in [6, 6.07) is 10.4. The molecule has 44 heavy (non-hydrogen) atoms. The number of hydrogen-bond acceptors (Lipinski definition) is 5. The number of benzene rings is 2. The molecule has 4 heterocycles. The summed E-state index contributed by atoms with van der Waals surface area (Å²) in [6.07, 6.45) is 4.80. The van der Waals surface area contributed by atoms with Crippen LogP contribution in [0.15, 0.2) is 59.7 Å². The minimum atomic E-state index is -0.633. The lowest BCUT2D eigenvalue weighted by Crippen LogP contribution is -2.41. The highest BCUT2D eigenvalue weighted by Gasteiger charge is 2.27. The van der Waals surface area contributed by atoms with Gasteiger partial charge in [0.15, 0.2) is 0 Å². The van der Waals surface area contributed by atoms with Crippen LogP contribution < -0.4 is 16.1 Å². The number of amides is 3. The minimum Gasteiger partial charge on any atom is -0.378 e. The molecular weight excluding hydrogens is 565 g/mol. The first kappa shape index (κ1) is 28.8. The first-order valence-electron chi connectivity index (χ1n) is 14.2. The lowest BCUT2D eigenvalue weighted by molar-refractivity contribution is -0.134. The molecule has 0 atom stereocenters. The molecule has 0 unspecified atom stereocenters.